The molecule has 0 aromatic carbocycles. The second kappa shape index (κ2) is 5.89. The van der Waals surface area contributed by atoms with Crippen LogP contribution in [0.1, 0.15) is 59.8 Å². The molecule has 0 aromatic rings. The molecule has 90 valence electrons. The fraction of sp³-hybridized carbons (Fsp3) is 1.00. The van der Waals surface area contributed by atoms with Crippen molar-refractivity contribution in [3.8, 4) is 0 Å². The van der Waals surface area contributed by atoms with Crippen LogP contribution in [-0.2, 0) is 0 Å². The molecule has 1 nitrogen and oxygen atoms in total. The molecule has 1 rings (SSSR count). The molecule has 2 atom stereocenters. The van der Waals surface area contributed by atoms with Gasteiger partial charge in [-0.2, -0.15) is 0 Å². The Kier molecular flexibility index (Phi) is 5.11. The second-order valence-electron chi connectivity index (χ2n) is 5.75. The van der Waals surface area contributed by atoms with Gasteiger partial charge in [0.25, 0.3) is 0 Å². The van der Waals surface area contributed by atoms with Gasteiger partial charge in [0.2, 0.25) is 0 Å². The quantitative estimate of drug-likeness (QED) is 0.750. The highest BCUT2D eigenvalue weighted by molar-refractivity contribution is 4.81. The topological polar surface area (TPSA) is 20.2 Å². The van der Waals surface area contributed by atoms with E-state index >= 15 is 0 Å². The molecule has 0 bridgehead atoms. The lowest BCUT2D eigenvalue weighted by molar-refractivity contribution is 0.0363. The predicted octanol–water partition coefficient (Wildman–Crippen LogP) is 3.86. The van der Waals surface area contributed by atoms with E-state index in [4.69, 9.17) is 0 Å². The highest BCUT2D eigenvalue weighted by atomic mass is 16.3. The Morgan fingerprint density at radius 1 is 1.07 bits per heavy atom. The van der Waals surface area contributed by atoms with Crippen LogP contribution < -0.4 is 0 Å². The summed E-state index contributed by atoms with van der Waals surface area (Å²) >= 11 is 0. The minimum absolute atomic E-state index is 0.131. The summed E-state index contributed by atoms with van der Waals surface area (Å²) in [5.74, 6) is 2.87. The van der Waals surface area contributed by atoms with Crippen molar-refractivity contribution in [1.82, 2.24) is 0 Å². The van der Waals surface area contributed by atoms with E-state index in [1.165, 1.54) is 32.1 Å². The molecule has 0 saturated heterocycles. The van der Waals surface area contributed by atoms with Gasteiger partial charge in [-0.25, -0.2) is 0 Å². The third kappa shape index (κ3) is 3.48. The number of aliphatic hydroxyl groups excluding tert-OH is 1. The Bertz CT molecular complexity index is 158. The highest BCUT2D eigenvalue weighted by Gasteiger charge is 2.31. The molecular formula is C14H28O. The van der Waals surface area contributed by atoms with Gasteiger partial charge in [-0.15, -0.1) is 0 Å². The van der Waals surface area contributed by atoms with Crippen LogP contribution in [0, 0.1) is 23.7 Å². The fourth-order valence-corrected chi connectivity index (χ4v) is 3.48. The lowest BCUT2D eigenvalue weighted by Gasteiger charge is -2.37. The molecule has 15 heavy (non-hydrogen) atoms. The zero-order chi connectivity index (χ0) is 11.4. The van der Waals surface area contributed by atoms with Gasteiger partial charge in [-0.1, -0.05) is 40.0 Å². The molecule has 0 heterocycles. The number of rotatable bonds is 4. The average molecular weight is 212 g/mol. The first-order valence-electron chi connectivity index (χ1n) is 6.74. The van der Waals surface area contributed by atoms with Crippen molar-refractivity contribution in [2.45, 2.75) is 65.9 Å². The van der Waals surface area contributed by atoms with Gasteiger partial charge in [0, 0.05) is 0 Å². The van der Waals surface area contributed by atoms with E-state index in [0.717, 1.165) is 11.8 Å². The SMILES string of the molecule is CCC1CCC(C(C(C)C)C(C)O)CC1. The normalized spacial score (nSPS) is 31.6. The van der Waals surface area contributed by atoms with Crippen molar-refractivity contribution in [2.24, 2.45) is 23.7 Å². The highest BCUT2D eigenvalue weighted by Crippen LogP contribution is 2.38. The van der Waals surface area contributed by atoms with Crippen molar-refractivity contribution in [3.63, 3.8) is 0 Å². The van der Waals surface area contributed by atoms with Gasteiger partial charge in [0.05, 0.1) is 6.10 Å². The van der Waals surface area contributed by atoms with Crippen LogP contribution in [0.15, 0.2) is 0 Å². The summed E-state index contributed by atoms with van der Waals surface area (Å²) in [7, 11) is 0. The van der Waals surface area contributed by atoms with Gasteiger partial charge in [-0.05, 0) is 43.4 Å². The molecule has 0 spiro atoms. The molecule has 1 N–H and O–H groups in total. The lowest BCUT2D eigenvalue weighted by atomic mass is 9.70. The zero-order valence-corrected chi connectivity index (χ0v) is 10.9. The Hall–Kier alpha value is -0.0400. The minimum Gasteiger partial charge on any atom is -0.393 e. The zero-order valence-electron chi connectivity index (χ0n) is 10.9. The van der Waals surface area contributed by atoms with E-state index in [1.54, 1.807) is 0 Å². The van der Waals surface area contributed by atoms with Gasteiger partial charge >= 0.3 is 0 Å². The maximum absolute atomic E-state index is 9.86. The Balaban J connectivity index is 2.49. The summed E-state index contributed by atoms with van der Waals surface area (Å²) in [5.41, 5.74) is 0. The molecule has 0 aliphatic heterocycles. The predicted molar refractivity (Wildman–Crippen MR) is 65.7 cm³/mol. The standard InChI is InChI=1S/C14H28O/c1-5-12-6-8-13(9-7-12)14(10(2)3)11(4)15/h10-15H,5-9H2,1-4H3. The summed E-state index contributed by atoms with van der Waals surface area (Å²) in [4.78, 5) is 0. The molecule has 2 unspecified atom stereocenters. The van der Waals surface area contributed by atoms with Crippen molar-refractivity contribution < 1.29 is 5.11 Å². The van der Waals surface area contributed by atoms with Crippen molar-refractivity contribution in [3.05, 3.63) is 0 Å². The Labute approximate surface area is 95.3 Å². The van der Waals surface area contributed by atoms with Crippen LogP contribution in [0.25, 0.3) is 0 Å². The van der Waals surface area contributed by atoms with E-state index in [-0.39, 0.29) is 6.10 Å². The number of aliphatic hydroxyl groups is 1. The van der Waals surface area contributed by atoms with Crippen LogP contribution in [0.4, 0.5) is 0 Å². The van der Waals surface area contributed by atoms with Crippen LogP contribution in [0.3, 0.4) is 0 Å². The fourth-order valence-electron chi connectivity index (χ4n) is 3.48. The van der Waals surface area contributed by atoms with Crippen molar-refractivity contribution in [1.29, 1.82) is 0 Å². The minimum atomic E-state index is -0.131. The Morgan fingerprint density at radius 2 is 1.60 bits per heavy atom. The summed E-state index contributed by atoms with van der Waals surface area (Å²) in [6.07, 6.45) is 6.66. The van der Waals surface area contributed by atoms with E-state index in [0.29, 0.717) is 11.8 Å². The van der Waals surface area contributed by atoms with Gasteiger partial charge in [-0.3, -0.25) is 0 Å². The lowest BCUT2D eigenvalue weighted by Crippen LogP contribution is -2.32. The van der Waals surface area contributed by atoms with Crippen molar-refractivity contribution in [2.75, 3.05) is 0 Å². The van der Waals surface area contributed by atoms with Gasteiger partial charge < -0.3 is 5.11 Å². The van der Waals surface area contributed by atoms with Gasteiger partial charge in [0.1, 0.15) is 0 Å². The average Bonchev–Trinajstić information content (AvgIpc) is 2.18. The van der Waals surface area contributed by atoms with E-state index in [9.17, 15) is 5.11 Å². The smallest absolute Gasteiger partial charge is 0.0545 e. The summed E-state index contributed by atoms with van der Waals surface area (Å²) in [6, 6.07) is 0. The number of hydrogen-bond donors (Lipinski definition) is 1. The van der Waals surface area contributed by atoms with E-state index < -0.39 is 0 Å². The van der Waals surface area contributed by atoms with E-state index in [2.05, 4.69) is 20.8 Å². The van der Waals surface area contributed by atoms with E-state index in [1.807, 2.05) is 6.92 Å². The molecule has 0 amide bonds. The molecule has 0 radical (unpaired) electrons. The first-order valence-corrected chi connectivity index (χ1v) is 6.74. The second-order valence-corrected chi connectivity index (χ2v) is 5.75. The molecule has 1 aliphatic rings. The van der Waals surface area contributed by atoms with Crippen molar-refractivity contribution >= 4 is 0 Å². The van der Waals surface area contributed by atoms with Crippen LogP contribution >= 0.6 is 0 Å². The largest absolute Gasteiger partial charge is 0.393 e. The molecule has 1 fully saturated rings. The molecular weight excluding hydrogens is 184 g/mol. The maximum Gasteiger partial charge on any atom is 0.0545 e. The summed E-state index contributed by atoms with van der Waals surface area (Å²) < 4.78 is 0. The Morgan fingerprint density at radius 3 is 1.93 bits per heavy atom. The summed E-state index contributed by atoms with van der Waals surface area (Å²) in [6.45, 7) is 8.78. The first kappa shape index (κ1) is 13.0. The number of hydrogen-bond acceptors (Lipinski definition) is 1. The third-order valence-corrected chi connectivity index (χ3v) is 4.34. The monoisotopic (exact) mass is 212 g/mol. The first-order chi connectivity index (χ1) is 7.06. The molecule has 1 heteroatoms. The molecule has 1 aliphatic carbocycles. The maximum atomic E-state index is 9.86. The molecule has 0 aromatic heterocycles. The molecule has 1 saturated carbocycles. The van der Waals surface area contributed by atoms with Crippen LogP contribution in [-0.4, -0.2) is 11.2 Å². The van der Waals surface area contributed by atoms with Crippen LogP contribution in [0.2, 0.25) is 0 Å². The summed E-state index contributed by atoms with van der Waals surface area (Å²) in [5, 5.41) is 9.86. The van der Waals surface area contributed by atoms with Crippen LogP contribution in [0.5, 0.6) is 0 Å². The van der Waals surface area contributed by atoms with Gasteiger partial charge in [0.15, 0.2) is 0 Å². The third-order valence-electron chi connectivity index (χ3n) is 4.34.